The van der Waals surface area contributed by atoms with Crippen molar-refractivity contribution in [3.05, 3.63) is 0 Å². The van der Waals surface area contributed by atoms with Crippen molar-refractivity contribution in [2.75, 3.05) is 6.54 Å². The van der Waals surface area contributed by atoms with Gasteiger partial charge in [-0.15, -0.1) is 0 Å². The topological polar surface area (TPSA) is 57.6 Å². The Morgan fingerprint density at radius 1 is 1.29 bits per heavy atom. The molecule has 3 atom stereocenters. The molecule has 3 unspecified atom stereocenters. The summed E-state index contributed by atoms with van der Waals surface area (Å²) in [5.74, 6) is -1.36. The summed E-state index contributed by atoms with van der Waals surface area (Å²) in [6, 6.07) is 0.358. The average molecular weight is 239 g/mol. The van der Waals surface area contributed by atoms with Crippen LogP contribution in [-0.4, -0.2) is 34.5 Å². The number of carbonyl (C=O) groups excluding carboxylic acids is 1. The molecule has 1 aliphatic heterocycles. The van der Waals surface area contributed by atoms with Crippen LogP contribution in [0.1, 0.15) is 45.4 Å². The van der Waals surface area contributed by atoms with Crippen LogP contribution in [0, 0.1) is 11.8 Å². The fourth-order valence-corrected chi connectivity index (χ4v) is 2.88. The first kappa shape index (κ1) is 12.4. The monoisotopic (exact) mass is 239 g/mol. The van der Waals surface area contributed by atoms with Crippen LogP contribution in [0.15, 0.2) is 0 Å². The molecule has 1 amide bonds. The summed E-state index contributed by atoms with van der Waals surface area (Å²) in [5, 5.41) is 8.87. The summed E-state index contributed by atoms with van der Waals surface area (Å²) < 4.78 is 0. The maximum atomic E-state index is 12.2. The van der Waals surface area contributed by atoms with Crippen LogP contribution >= 0.6 is 0 Å². The van der Waals surface area contributed by atoms with Crippen LogP contribution in [0.5, 0.6) is 0 Å². The first-order valence-electron chi connectivity index (χ1n) is 6.68. The van der Waals surface area contributed by atoms with Crippen molar-refractivity contribution in [2.24, 2.45) is 11.8 Å². The Hall–Kier alpha value is -1.06. The van der Waals surface area contributed by atoms with E-state index in [-0.39, 0.29) is 11.8 Å². The minimum absolute atomic E-state index is 0.0931. The Bertz CT molecular complexity index is 314. The van der Waals surface area contributed by atoms with Crippen LogP contribution in [0.4, 0.5) is 0 Å². The van der Waals surface area contributed by atoms with Gasteiger partial charge in [0.2, 0.25) is 5.91 Å². The molecule has 1 saturated carbocycles. The van der Waals surface area contributed by atoms with Crippen LogP contribution in [0.3, 0.4) is 0 Å². The quantitative estimate of drug-likeness (QED) is 0.815. The lowest BCUT2D eigenvalue weighted by Crippen LogP contribution is -2.44. The molecular formula is C13H21NO3. The van der Waals surface area contributed by atoms with Gasteiger partial charge in [-0.05, 0) is 32.1 Å². The number of likely N-dealkylation sites (tertiary alicyclic amines) is 1. The lowest BCUT2D eigenvalue weighted by atomic mass is 9.97. The molecule has 0 radical (unpaired) electrons. The SMILES string of the molecule is CCCC1CCCCN1C(=O)C1CC1C(=O)O. The van der Waals surface area contributed by atoms with E-state index in [4.69, 9.17) is 5.11 Å². The van der Waals surface area contributed by atoms with Gasteiger partial charge in [-0.3, -0.25) is 9.59 Å². The molecule has 4 heteroatoms. The minimum atomic E-state index is -0.813. The molecule has 1 saturated heterocycles. The maximum absolute atomic E-state index is 12.2. The predicted molar refractivity (Wildman–Crippen MR) is 63.5 cm³/mol. The predicted octanol–water partition coefficient (Wildman–Crippen LogP) is 1.89. The fraction of sp³-hybridized carbons (Fsp3) is 0.846. The number of piperidine rings is 1. The first-order valence-corrected chi connectivity index (χ1v) is 6.68. The maximum Gasteiger partial charge on any atom is 0.307 e. The Morgan fingerprint density at radius 2 is 2.06 bits per heavy atom. The highest BCUT2D eigenvalue weighted by molar-refractivity contribution is 5.89. The van der Waals surface area contributed by atoms with Crippen LogP contribution in [0.2, 0.25) is 0 Å². The molecule has 2 rings (SSSR count). The van der Waals surface area contributed by atoms with Crippen LogP contribution in [0.25, 0.3) is 0 Å². The standard InChI is InChI=1S/C13H21NO3/c1-2-5-9-6-3-4-7-14(9)12(15)10-8-11(10)13(16)17/h9-11H,2-8H2,1H3,(H,16,17). The normalized spacial score (nSPS) is 32.3. The van der Waals surface area contributed by atoms with Crippen molar-refractivity contribution in [3.63, 3.8) is 0 Å². The molecule has 2 fully saturated rings. The summed E-state index contributed by atoms with van der Waals surface area (Å²) >= 11 is 0. The van der Waals surface area contributed by atoms with Gasteiger partial charge >= 0.3 is 5.97 Å². The number of aliphatic carboxylic acids is 1. The summed E-state index contributed by atoms with van der Waals surface area (Å²) in [7, 11) is 0. The number of rotatable bonds is 4. The molecule has 0 aromatic rings. The number of carboxylic acids is 1. The van der Waals surface area contributed by atoms with Gasteiger partial charge < -0.3 is 10.0 Å². The third-order valence-electron chi connectivity index (χ3n) is 3.96. The Morgan fingerprint density at radius 3 is 2.65 bits per heavy atom. The highest BCUT2D eigenvalue weighted by atomic mass is 16.4. The lowest BCUT2D eigenvalue weighted by Gasteiger charge is -2.36. The molecule has 1 aliphatic carbocycles. The van der Waals surface area contributed by atoms with Crippen molar-refractivity contribution in [1.29, 1.82) is 0 Å². The van der Waals surface area contributed by atoms with E-state index in [1.165, 1.54) is 6.42 Å². The molecule has 2 aliphatic rings. The van der Waals surface area contributed by atoms with E-state index in [2.05, 4.69) is 6.92 Å². The number of hydrogen-bond acceptors (Lipinski definition) is 2. The third-order valence-corrected chi connectivity index (χ3v) is 3.96. The minimum Gasteiger partial charge on any atom is -0.481 e. The summed E-state index contributed by atoms with van der Waals surface area (Å²) in [5.41, 5.74) is 0. The van der Waals surface area contributed by atoms with Gasteiger partial charge in [-0.25, -0.2) is 0 Å². The zero-order valence-electron chi connectivity index (χ0n) is 10.4. The van der Waals surface area contributed by atoms with Gasteiger partial charge in [0.25, 0.3) is 0 Å². The number of carboxylic acid groups (broad SMARTS) is 1. The molecule has 0 spiro atoms. The van der Waals surface area contributed by atoms with E-state index >= 15 is 0 Å². The Balaban J connectivity index is 1.95. The fourth-order valence-electron chi connectivity index (χ4n) is 2.88. The summed E-state index contributed by atoms with van der Waals surface area (Å²) in [6.07, 6.45) is 6.03. The van der Waals surface area contributed by atoms with E-state index < -0.39 is 11.9 Å². The molecule has 0 aromatic carbocycles. The van der Waals surface area contributed by atoms with E-state index in [0.717, 1.165) is 32.2 Å². The van der Waals surface area contributed by atoms with Crippen LogP contribution in [-0.2, 0) is 9.59 Å². The smallest absolute Gasteiger partial charge is 0.307 e. The second kappa shape index (κ2) is 5.07. The molecule has 1 heterocycles. The van der Waals surface area contributed by atoms with Gasteiger partial charge in [0, 0.05) is 12.6 Å². The third kappa shape index (κ3) is 2.61. The number of hydrogen-bond donors (Lipinski definition) is 1. The highest BCUT2D eigenvalue weighted by Gasteiger charge is 2.50. The number of amides is 1. The second-order valence-corrected chi connectivity index (χ2v) is 5.26. The van der Waals surface area contributed by atoms with Gasteiger partial charge in [0.15, 0.2) is 0 Å². The van der Waals surface area contributed by atoms with Gasteiger partial charge in [0.1, 0.15) is 0 Å². The highest BCUT2D eigenvalue weighted by Crippen LogP contribution is 2.41. The van der Waals surface area contributed by atoms with Crippen molar-refractivity contribution in [3.8, 4) is 0 Å². The average Bonchev–Trinajstić information content (AvgIpc) is 3.09. The molecule has 1 N–H and O–H groups in total. The molecule has 0 bridgehead atoms. The summed E-state index contributed by atoms with van der Waals surface area (Å²) in [6.45, 7) is 2.96. The number of nitrogens with zero attached hydrogens (tertiary/aromatic N) is 1. The largest absolute Gasteiger partial charge is 0.481 e. The molecule has 96 valence electrons. The second-order valence-electron chi connectivity index (χ2n) is 5.26. The first-order chi connectivity index (χ1) is 8.15. The Labute approximate surface area is 102 Å². The van der Waals surface area contributed by atoms with Gasteiger partial charge in [-0.2, -0.15) is 0 Å². The summed E-state index contributed by atoms with van der Waals surface area (Å²) in [4.78, 5) is 25.0. The number of carbonyl (C=O) groups is 2. The van der Waals surface area contributed by atoms with Crippen molar-refractivity contribution < 1.29 is 14.7 Å². The van der Waals surface area contributed by atoms with E-state index in [0.29, 0.717) is 12.5 Å². The van der Waals surface area contributed by atoms with Gasteiger partial charge in [-0.1, -0.05) is 13.3 Å². The zero-order valence-corrected chi connectivity index (χ0v) is 10.4. The Kier molecular flexibility index (Phi) is 3.69. The van der Waals surface area contributed by atoms with E-state index in [1.54, 1.807) is 0 Å². The van der Waals surface area contributed by atoms with Crippen molar-refractivity contribution in [2.45, 2.75) is 51.5 Å². The van der Waals surface area contributed by atoms with E-state index in [1.807, 2.05) is 4.90 Å². The zero-order chi connectivity index (χ0) is 12.4. The molecular weight excluding hydrogens is 218 g/mol. The van der Waals surface area contributed by atoms with Crippen LogP contribution < -0.4 is 0 Å². The van der Waals surface area contributed by atoms with E-state index in [9.17, 15) is 9.59 Å². The molecule has 0 aromatic heterocycles. The lowest BCUT2D eigenvalue weighted by molar-refractivity contribution is -0.143. The van der Waals surface area contributed by atoms with Gasteiger partial charge in [0.05, 0.1) is 11.8 Å². The van der Waals surface area contributed by atoms with Crippen molar-refractivity contribution in [1.82, 2.24) is 4.90 Å². The molecule has 4 nitrogen and oxygen atoms in total. The molecule has 17 heavy (non-hydrogen) atoms. The van der Waals surface area contributed by atoms with Crippen molar-refractivity contribution >= 4 is 11.9 Å².